The average Bonchev–Trinajstić information content (AvgIpc) is 2.92. The van der Waals surface area contributed by atoms with Crippen molar-refractivity contribution >= 4 is 0 Å². The van der Waals surface area contributed by atoms with E-state index < -0.39 is 0 Å². The van der Waals surface area contributed by atoms with Gasteiger partial charge in [-0.3, -0.25) is 4.68 Å². The number of nitrogens with one attached hydrogen (secondary N) is 1. The molecule has 0 spiro atoms. The number of aryl methyl sites for hydroxylation is 1. The second-order valence-corrected chi connectivity index (χ2v) is 6.95. The zero-order valence-electron chi connectivity index (χ0n) is 14.4. The fourth-order valence-corrected chi connectivity index (χ4v) is 4.08. The molecule has 1 aliphatic carbocycles. The second kappa shape index (κ2) is 6.93. The third-order valence-electron chi connectivity index (χ3n) is 5.35. The minimum atomic E-state index is 0.265. The topological polar surface area (TPSA) is 33.1 Å². The number of aromatic nitrogens is 2. The van der Waals surface area contributed by atoms with Crippen molar-refractivity contribution in [2.24, 2.45) is 5.92 Å². The Morgan fingerprint density at radius 3 is 2.81 bits per heavy atom. The lowest BCUT2D eigenvalue weighted by Crippen LogP contribution is -2.61. The van der Waals surface area contributed by atoms with Crippen LogP contribution in [-0.4, -0.2) is 47.4 Å². The number of nitrogens with zero attached hydrogens (tertiary/aromatic N) is 3. The summed E-state index contributed by atoms with van der Waals surface area (Å²) >= 11 is 0. The zero-order chi connectivity index (χ0) is 15.5. The highest BCUT2D eigenvalue weighted by Crippen LogP contribution is 2.39. The Bertz CT molecular complexity index is 440. The van der Waals surface area contributed by atoms with Crippen molar-refractivity contribution in [3.8, 4) is 0 Å². The number of rotatable bonds is 6. The summed E-state index contributed by atoms with van der Waals surface area (Å²) in [6, 6.07) is 0.477. The summed E-state index contributed by atoms with van der Waals surface area (Å²) in [5, 5.41) is 8.04. The first-order valence-corrected chi connectivity index (χ1v) is 8.38. The molecule has 1 aromatic heterocycles. The minimum absolute atomic E-state index is 0.265. The second-order valence-electron chi connectivity index (χ2n) is 6.95. The molecule has 1 aliphatic rings. The predicted octanol–water partition coefficient (Wildman–Crippen LogP) is 2.54. The number of likely N-dealkylation sites (N-methyl/N-ethyl adjacent to an activating group) is 2. The third-order valence-corrected chi connectivity index (χ3v) is 5.35. The van der Waals surface area contributed by atoms with Crippen LogP contribution in [0.25, 0.3) is 0 Å². The van der Waals surface area contributed by atoms with E-state index in [0.29, 0.717) is 6.04 Å². The van der Waals surface area contributed by atoms with Gasteiger partial charge in [0.1, 0.15) is 0 Å². The van der Waals surface area contributed by atoms with Crippen molar-refractivity contribution in [1.82, 2.24) is 20.0 Å². The average molecular weight is 292 g/mol. The monoisotopic (exact) mass is 292 g/mol. The van der Waals surface area contributed by atoms with E-state index in [9.17, 15) is 0 Å². The van der Waals surface area contributed by atoms with Gasteiger partial charge in [0.15, 0.2) is 0 Å². The van der Waals surface area contributed by atoms with Crippen molar-refractivity contribution < 1.29 is 0 Å². The van der Waals surface area contributed by atoms with Crippen LogP contribution in [0.1, 0.15) is 45.1 Å². The Morgan fingerprint density at radius 2 is 2.29 bits per heavy atom. The van der Waals surface area contributed by atoms with E-state index in [-0.39, 0.29) is 5.54 Å². The van der Waals surface area contributed by atoms with Crippen molar-refractivity contribution in [1.29, 1.82) is 0 Å². The lowest BCUT2D eigenvalue weighted by Gasteiger charge is -2.50. The van der Waals surface area contributed by atoms with Crippen LogP contribution in [0.4, 0.5) is 0 Å². The van der Waals surface area contributed by atoms with E-state index in [2.05, 4.69) is 56.5 Å². The van der Waals surface area contributed by atoms with Crippen molar-refractivity contribution in [2.75, 3.05) is 21.1 Å². The lowest BCUT2D eigenvalue weighted by molar-refractivity contribution is 0.0399. The summed E-state index contributed by atoms with van der Waals surface area (Å²) in [6.45, 7) is 5.48. The van der Waals surface area contributed by atoms with Crippen LogP contribution in [0.2, 0.25) is 0 Å². The van der Waals surface area contributed by atoms with E-state index in [1.807, 2.05) is 10.9 Å². The fraction of sp³-hybridized carbons (Fsp3) is 0.824. The molecule has 0 aliphatic heterocycles. The molecule has 1 heterocycles. The smallest absolute Gasteiger partial charge is 0.0522 e. The van der Waals surface area contributed by atoms with Crippen LogP contribution in [0.3, 0.4) is 0 Å². The highest BCUT2D eigenvalue weighted by atomic mass is 15.3. The van der Waals surface area contributed by atoms with Gasteiger partial charge in [-0.2, -0.15) is 5.10 Å². The SMILES string of the molecule is CCn1cc(CC(NC)C2(N(C)C)CCCC(C)C2)cn1. The molecule has 3 atom stereocenters. The van der Waals surface area contributed by atoms with E-state index >= 15 is 0 Å². The largest absolute Gasteiger partial charge is 0.315 e. The molecule has 3 unspecified atom stereocenters. The van der Waals surface area contributed by atoms with Crippen molar-refractivity contribution in [2.45, 2.75) is 64.1 Å². The predicted molar refractivity (Wildman–Crippen MR) is 88.5 cm³/mol. The standard InChI is InChI=1S/C17H32N4/c1-6-21-13-15(12-19-21)10-16(18-3)17(20(4)5)9-7-8-14(2)11-17/h12-14,16,18H,6-11H2,1-5H3. The molecule has 0 bridgehead atoms. The Kier molecular flexibility index (Phi) is 5.44. The maximum absolute atomic E-state index is 4.42. The molecule has 0 amide bonds. The molecule has 2 rings (SSSR count). The highest BCUT2D eigenvalue weighted by molar-refractivity contribution is 5.12. The van der Waals surface area contributed by atoms with E-state index in [1.165, 1.54) is 31.2 Å². The van der Waals surface area contributed by atoms with Crippen LogP contribution >= 0.6 is 0 Å². The highest BCUT2D eigenvalue weighted by Gasteiger charge is 2.43. The molecular weight excluding hydrogens is 260 g/mol. The molecule has 120 valence electrons. The zero-order valence-corrected chi connectivity index (χ0v) is 14.4. The quantitative estimate of drug-likeness (QED) is 0.875. The van der Waals surface area contributed by atoms with Crippen LogP contribution in [0, 0.1) is 5.92 Å². The van der Waals surface area contributed by atoms with Crippen LogP contribution < -0.4 is 5.32 Å². The Balaban J connectivity index is 2.19. The molecule has 4 nitrogen and oxygen atoms in total. The first-order chi connectivity index (χ1) is 10.0. The first kappa shape index (κ1) is 16.5. The molecule has 4 heteroatoms. The summed E-state index contributed by atoms with van der Waals surface area (Å²) in [5.41, 5.74) is 1.61. The summed E-state index contributed by atoms with van der Waals surface area (Å²) < 4.78 is 2.02. The van der Waals surface area contributed by atoms with Gasteiger partial charge in [-0.05, 0) is 58.8 Å². The fourth-order valence-electron chi connectivity index (χ4n) is 4.08. The Morgan fingerprint density at radius 1 is 1.52 bits per heavy atom. The molecule has 21 heavy (non-hydrogen) atoms. The summed E-state index contributed by atoms with van der Waals surface area (Å²) in [6.07, 6.45) is 10.6. The van der Waals surface area contributed by atoms with E-state index in [4.69, 9.17) is 0 Å². The molecule has 1 fully saturated rings. The lowest BCUT2D eigenvalue weighted by atomic mass is 9.70. The van der Waals surface area contributed by atoms with Crippen LogP contribution in [0.5, 0.6) is 0 Å². The van der Waals surface area contributed by atoms with Crippen LogP contribution in [-0.2, 0) is 13.0 Å². The molecule has 1 saturated carbocycles. The Hall–Kier alpha value is -0.870. The minimum Gasteiger partial charge on any atom is -0.315 e. The molecule has 0 radical (unpaired) electrons. The summed E-state index contributed by atoms with van der Waals surface area (Å²) in [7, 11) is 6.61. The molecule has 0 aromatic carbocycles. The summed E-state index contributed by atoms with van der Waals surface area (Å²) in [5.74, 6) is 0.815. The summed E-state index contributed by atoms with van der Waals surface area (Å²) in [4.78, 5) is 2.47. The van der Waals surface area contributed by atoms with Gasteiger partial charge in [-0.1, -0.05) is 19.8 Å². The van der Waals surface area contributed by atoms with Gasteiger partial charge < -0.3 is 10.2 Å². The van der Waals surface area contributed by atoms with Gasteiger partial charge in [-0.15, -0.1) is 0 Å². The molecule has 0 saturated heterocycles. The third kappa shape index (κ3) is 3.49. The first-order valence-electron chi connectivity index (χ1n) is 8.38. The molecule has 1 N–H and O–H groups in total. The van der Waals surface area contributed by atoms with E-state index in [0.717, 1.165) is 18.9 Å². The Labute approximate surface area is 129 Å². The van der Waals surface area contributed by atoms with Gasteiger partial charge in [0.2, 0.25) is 0 Å². The van der Waals surface area contributed by atoms with Crippen molar-refractivity contribution in [3.63, 3.8) is 0 Å². The van der Waals surface area contributed by atoms with Gasteiger partial charge in [0.25, 0.3) is 0 Å². The molecular formula is C17H32N4. The normalized spacial score (nSPS) is 28.0. The maximum atomic E-state index is 4.42. The van der Waals surface area contributed by atoms with Gasteiger partial charge in [0.05, 0.1) is 6.20 Å². The van der Waals surface area contributed by atoms with Gasteiger partial charge in [-0.25, -0.2) is 0 Å². The van der Waals surface area contributed by atoms with E-state index in [1.54, 1.807) is 0 Å². The van der Waals surface area contributed by atoms with Gasteiger partial charge in [0, 0.05) is 24.3 Å². The maximum Gasteiger partial charge on any atom is 0.0522 e. The van der Waals surface area contributed by atoms with Gasteiger partial charge >= 0.3 is 0 Å². The van der Waals surface area contributed by atoms with Crippen molar-refractivity contribution in [3.05, 3.63) is 18.0 Å². The van der Waals surface area contributed by atoms with Crippen LogP contribution in [0.15, 0.2) is 12.4 Å². The molecule has 1 aromatic rings. The number of hydrogen-bond donors (Lipinski definition) is 1. The number of hydrogen-bond acceptors (Lipinski definition) is 3.